The summed E-state index contributed by atoms with van der Waals surface area (Å²) < 4.78 is 0. The molecule has 0 bridgehead atoms. The molecule has 2 aromatic rings. The van der Waals surface area contributed by atoms with Crippen LogP contribution in [0.3, 0.4) is 0 Å². The zero-order chi connectivity index (χ0) is 28.1. The topological polar surface area (TPSA) is 93.8 Å². The normalized spacial score (nSPS) is 14.7. The van der Waals surface area contributed by atoms with Crippen molar-refractivity contribution < 1.29 is 14.4 Å². The van der Waals surface area contributed by atoms with Crippen LogP contribution in [0.2, 0.25) is 0 Å². The maximum absolute atomic E-state index is 13.2. The maximum atomic E-state index is 13.2. The standard InChI is InChI=1S/C30H43N5O3/c1-21-17-24(11-12-25(21)32-28(38)31-20-29(2,3)4)27(37)35-15-13-34(14-16-35)19-22-9-8-10-23(18-22)26(36)33-30(5,6)7/h8-12,17-18H,13-16,19-20H2,1-7H3,(H,33,36)(H2,31,32,38). The van der Waals surface area contributed by atoms with Gasteiger partial charge in [-0.2, -0.15) is 0 Å². The first kappa shape index (κ1) is 29.2. The summed E-state index contributed by atoms with van der Waals surface area (Å²) in [6.45, 7) is 18.1. The molecule has 1 aliphatic heterocycles. The minimum Gasteiger partial charge on any atom is -0.347 e. The zero-order valence-corrected chi connectivity index (χ0v) is 23.9. The smallest absolute Gasteiger partial charge is 0.319 e. The van der Waals surface area contributed by atoms with Crippen LogP contribution in [0.1, 0.15) is 73.4 Å². The van der Waals surface area contributed by atoms with Gasteiger partial charge in [-0.3, -0.25) is 14.5 Å². The molecule has 0 unspecified atom stereocenters. The highest BCUT2D eigenvalue weighted by atomic mass is 16.2. The number of carbonyl (C=O) groups excluding carboxylic acids is 3. The molecule has 38 heavy (non-hydrogen) atoms. The Morgan fingerprint density at radius 3 is 2.16 bits per heavy atom. The van der Waals surface area contributed by atoms with E-state index in [-0.39, 0.29) is 28.8 Å². The Hall–Kier alpha value is -3.39. The molecule has 8 nitrogen and oxygen atoms in total. The van der Waals surface area contributed by atoms with Crippen molar-refractivity contribution in [3.05, 3.63) is 64.7 Å². The fraction of sp³-hybridized carbons (Fsp3) is 0.500. The molecule has 2 aromatic carbocycles. The highest BCUT2D eigenvalue weighted by Crippen LogP contribution is 2.19. The quantitative estimate of drug-likeness (QED) is 0.516. The van der Waals surface area contributed by atoms with Gasteiger partial charge in [-0.05, 0) is 74.6 Å². The summed E-state index contributed by atoms with van der Waals surface area (Å²) in [4.78, 5) is 42.1. The van der Waals surface area contributed by atoms with Crippen LogP contribution in [-0.4, -0.2) is 65.9 Å². The highest BCUT2D eigenvalue weighted by Gasteiger charge is 2.23. The van der Waals surface area contributed by atoms with Crippen molar-refractivity contribution in [2.24, 2.45) is 5.41 Å². The lowest BCUT2D eigenvalue weighted by atomic mass is 9.97. The number of carbonyl (C=O) groups is 3. The number of amides is 4. The van der Waals surface area contributed by atoms with Crippen LogP contribution in [-0.2, 0) is 6.54 Å². The van der Waals surface area contributed by atoms with Crippen LogP contribution in [0.25, 0.3) is 0 Å². The third kappa shape index (κ3) is 8.87. The van der Waals surface area contributed by atoms with Crippen LogP contribution in [0.15, 0.2) is 42.5 Å². The lowest BCUT2D eigenvalue weighted by molar-refractivity contribution is 0.0628. The molecule has 3 rings (SSSR count). The highest BCUT2D eigenvalue weighted by molar-refractivity contribution is 5.96. The summed E-state index contributed by atoms with van der Waals surface area (Å²) in [5, 5.41) is 8.76. The number of nitrogens with one attached hydrogen (secondary N) is 3. The van der Waals surface area contributed by atoms with Crippen molar-refractivity contribution in [1.29, 1.82) is 0 Å². The minimum absolute atomic E-state index is 0.000668. The largest absolute Gasteiger partial charge is 0.347 e. The van der Waals surface area contributed by atoms with Crippen molar-refractivity contribution in [3.63, 3.8) is 0 Å². The Balaban J connectivity index is 1.53. The SMILES string of the molecule is Cc1cc(C(=O)N2CCN(Cc3cccc(C(=O)NC(C)(C)C)c3)CC2)ccc1NC(=O)NCC(C)(C)C. The molecule has 1 fully saturated rings. The fourth-order valence-corrected chi connectivity index (χ4v) is 4.22. The number of anilines is 1. The molecule has 0 atom stereocenters. The monoisotopic (exact) mass is 521 g/mol. The van der Waals surface area contributed by atoms with E-state index in [1.54, 1.807) is 12.1 Å². The van der Waals surface area contributed by atoms with Crippen molar-refractivity contribution in [1.82, 2.24) is 20.4 Å². The van der Waals surface area contributed by atoms with E-state index in [0.717, 1.165) is 30.8 Å². The van der Waals surface area contributed by atoms with Gasteiger partial charge >= 0.3 is 6.03 Å². The van der Waals surface area contributed by atoms with Gasteiger partial charge < -0.3 is 20.9 Å². The second-order valence-electron chi connectivity index (χ2n) is 12.4. The second kappa shape index (κ2) is 12.0. The Bertz CT molecular complexity index is 1160. The third-order valence-electron chi connectivity index (χ3n) is 6.24. The van der Waals surface area contributed by atoms with Gasteiger partial charge in [0.15, 0.2) is 0 Å². The average molecular weight is 522 g/mol. The molecule has 3 N–H and O–H groups in total. The van der Waals surface area contributed by atoms with Gasteiger partial charge in [0, 0.05) is 61.6 Å². The van der Waals surface area contributed by atoms with E-state index in [4.69, 9.17) is 0 Å². The van der Waals surface area contributed by atoms with E-state index in [1.165, 1.54) is 0 Å². The van der Waals surface area contributed by atoms with E-state index in [1.807, 2.05) is 62.9 Å². The first-order valence-electron chi connectivity index (χ1n) is 13.3. The molecule has 4 amide bonds. The van der Waals surface area contributed by atoms with E-state index in [2.05, 4.69) is 41.6 Å². The molecule has 8 heteroatoms. The number of hydrogen-bond donors (Lipinski definition) is 3. The Labute approximate surface area is 227 Å². The molecule has 0 radical (unpaired) electrons. The summed E-state index contributed by atoms with van der Waals surface area (Å²) in [6.07, 6.45) is 0. The van der Waals surface area contributed by atoms with Crippen molar-refractivity contribution in [2.45, 2.75) is 60.5 Å². The summed E-state index contributed by atoms with van der Waals surface area (Å²) in [6, 6.07) is 12.9. The number of urea groups is 1. The third-order valence-corrected chi connectivity index (χ3v) is 6.24. The maximum Gasteiger partial charge on any atom is 0.319 e. The van der Waals surface area contributed by atoms with Crippen LogP contribution in [0, 0.1) is 12.3 Å². The van der Waals surface area contributed by atoms with Crippen molar-refractivity contribution in [3.8, 4) is 0 Å². The van der Waals surface area contributed by atoms with Crippen LogP contribution in [0.4, 0.5) is 10.5 Å². The molecular weight excluding hydrogens is 478 g/mol. The van der Waals surface area contributed by atoms with Gasteiger partial charge in [-0.25, -0.2) is 4.79 Å². The number of aryl methyl sites for hydroxylation is 1. The predicted octanol–water partition coefficient (Wildman–Crippen LogP) is 4.65. The number of rotatable bonds is 6. The van der Waals surface area contributed by atoms with Crippen LogP contribution < -0.4 is 16.0 Å². The second-order valence-corrected chi connectivity index (χ2v) is 12.4. The predicted molar refractivity (Wildman–Crippen MR) is 152 cm³/mol. The van der Waals surface area contributed by atoms with Gasteiger partial charge in [0.2, 0.25) is 0 Å². The zero-order valence-electron chi connectivity index (χ0n) is 23.9. The molecule has 0 aromatic heterocycles. The van der Waals surface area contributed by atoms with Gasteiger partial charge in [-0.15, -0.1) is 0 Å². The van der Waals surface area contributed by atoms with Gasteiger partial charge in [-0.1, -0.05) is 32.9 Å². The molecular formula is C30H43N5O3. The van der Waals surface area contributed by atoms with E-state index < -0.39 is 0 Å². The average Bonchev–Trinajstić information content (AvgIpc) is 2.83. The lowest BCUT2D eigenvalue weighted by Crippen LogP contribution is -2.48. The first-order valence-corrected chi connectivity index (χ1v) is 13.3. The number of hydrogen-bond acceptors (Lipinski definition) is 4. The van der Waals surface area contributed by atoms with Gasteiger partial charge in [0.05, 0.1) is 0 Å². The van der Waals surface area contributed by atoms with E-state index in [9.17, 15) is 14.4 Å². The molecule has 1 heterocycles. The molecule has 0 spiro atoms. The number of piperazine rings is 1. The first-order chi connectivity index (χ1) is 17.7. The number of nitrogens with zero attached hydrogens (tertiary/aromatic N) is 2. The summed E-state index contributed by atoms with van der Waals surface area (Å²) in [5.41, 5.74) is 3.61. The minimum atomic E-state index is -0.286. The van der Waals surface area contributed by atoms with Crippen LogP contribution >= 0.6 is 0 Å². The van der Waals surface area contributed by atoms with E-state index in [0.29, 0.717) is 36.4 Å². The summed E-state index contributed by atoms with van der Waals surface area (Å²) in [7, 11) is 0. The Morgan fingerprint density at radius 1 is 0.868 bits per heavy atom. The summed E-state index contributed by atoms with van der Waals surface area (Å²) >= 11 is 0. The molecule has 0 aliphatic carbocycles. The molecule has 0 saturated carbocycles. The van der Waals surface area contributed by atoms with Crippen molar-refractivity contribution >= 4 is 23.5 Å². The van der Waals surface area contributed by atoms with E-state index >= 15 is 0 Å². The number of benzene rings is 2. The molecule has 1 saturated heterocycles. The molecule has 1 aliphatic rings. The van der Waals surface area contributed by atoms with Gasteiger partial charge in [0.25, 0.3) is 11.8 Å². The van der Waals surface area contributed by atoms with Crippen LogP contribution in [0.5, 0.6) is 0 Å². The molecule has 206 valence electrons. The Kier molecular flexibility index (Phi) is 9.20. The van der Waals surface area contributed by atoms with Crippen molar-refractivity contribution in [2.75, 3.05) is 38.0 Å². The lowest BCUT2D eigenvalue weighted by Gasteiger charge is -2.35. The van der Waals surface area contributed by atoms with Gasteiger partial charge in [0.1, 0.15) is 0 Å². The fourth-order valence-electron chi connectivity index (χ4n) is 4.22. The summed E-state index contributed by atoms with van der Waals surface area (Å²) in [5.74, 6) is -0.0749. The Morgan fingerprint density at radius 2 is 1.55 bits per heavy atom.